The van der Waals surface area contributed by atoms with E-state index in [1.54, 1.807) is 0 Å². The summed E-state index contributed by atoms with van der Waals surface area (Å²) in [7, 11) is 0. The number of nitrogens with two attached hydrogens (primary N) is 1. The number of benzene rings is 1. The fourth-order valence-corrected chi connectivity index (χ4v) is 1.57. The monoisotopic (exact) mass is 235 g/mol. The Labute approximate surface area is 103 Å². The second kappa shape index (κ2) is 7.07. The first-order chi connectivity index (χ1) is 8.08. The van der Waals surface area contributed by atoms with Crippen LogP contribution < -0.4 is 5.73 Å². The molecule has 0 aliphatic rings. The zero-order valence-electron chi connectivity index (χ0n) is 10.6. The van der Waals surface area contributed by atoms with Gasteiger partial charge in [0.1, 0.15) is 0 Å². The smallest absolute Gasteiger partial charge is 0.217 e. The minimum absolute atomic E-state index is 0.163. The fraction of sp³-hybridized carbons (Fsp3) is 0.500. The van der Waals surface area contributed by atoms with E-state index in [4.69, 9.17) is 10.5 Å². The largest absolute Gasteiger partial charge is 0.374 e. The lowest BCUT2D eigenvalue weighted by Crippen LogP contribution is -2.13. The third-order valence-electron chi connectivity index (χ3n) is 2.69. The fourth-order valence-electron chi connectivity index (χ4n) is 1.57. The first-order valence-electron chi connectivity index (χ1n) is 6.03. The number of primary amides is 1. The molecule has 0 aliphatic heterocycles. The molecule has 1 amide bonds. The summed E-state index contributed by atoms with van der Waals surface area (Å²) in [5.74, 6) is -0.240. The molecule has 0 spiro atoms. The maximum Gasteiger partial charge on any atom is 0.217 e. The predicted octanol–water partition coefficient (Wildman–Crippen LogP) is 2.56. The van der Waals surface area contributed by atoms with Gasteiger partial charge in [-0.1, -0.05) is 29.8 Å². The molecular formula is C14H21NO2. The van der Waals surface area contributed by atoms with Crippen LogP contribution in [0.15, 0.2) is 24.3 Å². The van der Waals surface area contributed by atoms with Gasteiger partial charge in [-0.15, -0.1) is 0 Å². The van der Waals surface area contributed by atoms with Gasteiger partial charge in [-0.05, 0) is 32.3 Å². The lowest BCUT2D eigenvalue weighted by molar-refractivity contribution is -0.118. The van der Waals surface area contributed by atoms with Crippen molar-refractivity contribution in [3.05, 3.63) is 35.4 Å². The Balaban J connectivity index is 2.21. The zero-order valence-corrected chi connectivity index (χ0v) is 10.6. The average Bonchev–Trinajstić information content (AvgIpc) is 2.28. The lowest BCUT2D eigenvalue weighted by Gasteiger charge is -2.12. The second-order valence-corrected chi connectivity index (χ2v) is 4.47. The SMILES string of the molecule is Cc1ccc(CO[C@H](C)CCCC(N)=O)cc1. The first-order valence-corrected chi connectivity index (χ1v) is 6.03. The van der Waals surface area contributed by atoms with Gasteiger partial charge < -0.3 is 10.5 Å². The third-order valence-corrected chi connectivity index (χ3v) is 2.69. The summed E-state index contributed by atoms with van der Waals surface area (Å²) >= 11 is 0. The Kier molecular flexibility index (Phi) is 5.70. The summed E-state index contributed by atoms with van der Waals surface area (Å²) in [5.41, 5.74) is 7.51. The van der Waals surface area contributed by atoms with E-state index in [9.17, 15) is 4.79 Å². The minimum Gasteiger partial charge on any atom is -0.374 e. The van der Waals surface area contributed by atoms with Crippen molar-refractivity contribution in [2.75, 3.05) is 0 Å². The average molecular weight is 235 g/mol. The topological polar surface area (TPSA) is 52.3 Å². The van der Waals surface area contributed by atoms with Gasteiger partial charge >= 0.3 is 0 Å². The molecule has 0 aliphatic carbocycles. The molecule has 3 heteroatoms. The van der Waals surface area contributed by atoms with Crippen LogP contribution >= 0.6 is 0 Å². The van der Waals surface area contributed by atoms with Crippen LogP contribution in [-0.4, -0.2) is 12.0 Å². The Hall–Kier alpha value is -1.35. The molecule has 0 fully saturated rings. The highest BCUT2D eigenvalue weighted by Gasteiger charge is 2.04. The second-order valence-electron chi connectivity index (χ2n) is 4.47. The standard InChI is InChI=1S/C14H21NO2/c1-11-6-8-13(9-7-11)10-17-12(2)4-3-5-14(15)16/h6-9,12H,3-5,10H2,1-2H3,(H2,15,16)/t12-/m1/s1. The van der Waals surface area contributed by atoms with Crippen LogP contribution in [0, 0.1) is 6.92 Å². The molecular weight excluding hydrogens is 214 g/mol. The van der Waals surface area contributed by atoms with Crippen molar-refractivity contribution in [1.82, 2.24) is 0 Å². The molecule has 17 heavy (non-hydrogen) atoms. The zero-order chi connectivity index (χ0) is 12.7. The van der Waals surface area contributed by atoms with Crippen molar-refractivity contribution in [2.45, 2.75) is 45.8 Å². The number of carbonyl (C=O) groups excluding carboxylic acids is 1. The van der Waals surface area contributed by atoms with E-state index in [0.29, 0.717) is 13.0 Å². The maximum absolute atomic E-state index is 10.6. The van der Waals surface area contributed by atoms with Crippen molar-refractivity contribution in [1.29, 1.82) is 0 Å². The highest BCUT2D eigenvalue weighted by Crippen LogP contribution is 2.09. The van der Waals surface area contributed by atoms with Gasteiger partial charge in [0.15, 0.2) is 0 Å². The van der Waals surface area contributed by atoms with Crippen molar-refractivity contribution in [3.8, 4) is 0 Å². The van der Waals surface area contributed by atoms with Gasteiger partial charge in [0.2, 0.25) is 5.91 Å². The van der Waals surface area contributed by atoms with Crippen molar-refractivity contribution < 1.29 is 9.53 Å². The summed E-state index contributed by atoms with van der Waals surface area (Å²) in [5, 5.41) is 0. The Morgan fingerprint density at radius 3 is 2.59 bits per heavy atom. The molecule has 1 aromatic carbocycles. The van der Waals surface area contributed by atoms with Crippen LogP contribution in [0.4, 0.5) is 0 Å². The molecule has 94 valence electrons. The summed E-state index contributed by atoms with van der Waals surface area (Å²) in [6, 6.07) is 8.31. The first kappa shape index (κ1) is 13.7. The van der Waals surface area contributed by atoms with E-state index in [2.05, 4.69) is 31.2 Å². The molecule has 0 saturated heterocycles. The number of carbonyl (C=O) groups is 1. The van der Waals surface area contributed by atoms with Crippen LogP contribution in [0.5, 0.6) is 0 Å². The van der Waals surface area contributed by atoms with Crippen LogP contribution in [-0.2, 0) is 16.1 Å². The molecule has 1 rings (SSSR count). The third kappa shape index (κ3) is 6.07. The number of amides is 1. The van der Waals surface area contributed by atoms with E-state index in [1.165, 1.54) is 11.1 Å². The molecule has 0 bridgehead atoms. The Morgan fingerprint density at radius 1 is 1.35 bits per heavy atom. The van der Waals surface area contributed by atoms with Crippen molar-refractivity contribution in [3.63, 3.8) is 0 Å². The van der Waals surface area contributed by atoms with Gasteiger partial charge in [0.05, 0.1) is 12.7 Å². The number of rotatable bonds is 7. The summed E-state index contributed by atoms with van der Waals surface area (Å²) in [6.07, 6.45) is 2.27. The van der Waals surface area contributed by atoms with Gasteiger partial charge in [-0.2, -0.15) is 0 Å². The van der Waals surface area contributed by atoms with E-state index in [1.807, 2.05) is 6.92 Å². The molecule has 2 N–H and O–H groups in total. The van der Waals surface area contributed by atoms with Crippen LogP contribution in [0.25, 0.3) is 0 Å². The van der Waals surface area contributed by atoms with E-state index in [-0.39, 0.29) is 12.0 Å². The van der Waals surface area contributed by atoms with Crippen molar-refractivity contribution >= 4 is 5.91 Å². The Bertz CT molecular complexity index is 346. The summed E-state index contributed by atoms with van der Waals surface area (Å²) in [6.45, 7) is 4.71. The van der Waals surface area contributed by atoms with Crippen molar-refractivity contribution in [2.24, 2.45) is 5.73 Å². The van der Waals surface area contributed by atoms with Gasteiger partial charge in [0.25, 0.3) is 0 Å². The highest BCUT2D eigenvalue weighted by molar-refractivity contribution is 5.73. The molecule has 0 heterocycles. The number of ether oxygens (including phenoxy) is 1. The molecule has 1 atom stereocenters. The Morgan fingerprint density at radius 2 is 2.00 bits per heavy atom. The van der Waals surface area contributed by atoms with Crippen LogP contribution in [0.1, 0.15) is 37.3 Å². The molecule has 0 saturated carbocycles. The minimum atomic E-state index is -0.240. The number of hydrogen-bond donors (Lipinski definition) is 1. The van der Waals surface area contributed by atoms with E-state index in [0.717, 1.165) is 12.8 Å². The number of aryl methyl sites for hydroxylation is 1. The molecule has 0 radical (unpaired) electrons. The molecule has 0 unspecified atom stereocenters. The molecule has 3 nitrogen and oxygen atoms in total. The molecule has 1 aromatic rings. The molecule has 0 aromatic heterocycles. The normalized spacial score (nSPS) is 12.4. The van der Waals surface area contributed by atoms with Gasteiger partial charge in [0, 0.05) is 6.42 Å². The van der Waals surface area contributed by atoms with Gasteiger partial charge in [-0.3, -0.25) is 4.79 Å². The van der Waals surface area contributed by atoms with E-state index >= 15 is 0 Å². The summed E-state index contributed by atoms with van der Waals surface area (Å²) in [4.78, 5) is 10.6. The number of hydrogen-bond acceptors (Lipinski definition) is 2. The van der Waals surface area contributed by atoms with Gasteiger partial charge in [-0.25, -0.2) is 0 Å². The van der Waals surface area contributed by atoms with E-state index < -0.39 is 0 Å². The predicted molar refractivity (Wildman–Crippen MR) is 68.5 cm³/mol. The maximum atomic E-state index is 10.6. The lowest BCUT2D eigenvalue weighted by atomic mass is 10.1. The summed E-state index contributed by atoms with van der Waals surface area (Å²) < 4.78 is 5.70. The van der Waals surface area contributed by atoms with Crippen LogP contribution in [0.2, 0.25) is 0 Å². The quantitative estimate of drug-likeness (QED) is 0.789. The van der Waals surface area contributed by atoms with Crippen LogP contribution in [0.3, 0.4) is 0 Å². The highest BCUT2D eigenvalue weighted by atomic mass is 16.5.